The van der Waals surface area contributed by atoms with E-state index in [1.165, 1.54) is 6.33 Å². The first kappa shape index (κ1) is 17.7. The maximum Gasteiger partial charge on any atom is 0.219 e. The lowest BCUT2D eigenvalue weighted by atomic mass is 10.2. The molecule has 3 aromatic rings. The number of nitrogens with zero attached hydrogens (tertiary/aromatic N) is 6. The van der Waals surface area contributed by atoms with Gasteiger partial charge in [0.1, 0.15) is 17.0 Å². The van der Waals surface area contributed by atoms with Crippen LogP contribution in [0.5, 0.6) is 0 Å². The molecule has 4 rings (SSSR count). The molecule has 8 nitrogen and oxygen atoms in total. The Bertz CT molecular complexity index is 955. The Morgan fingerprint density at radius 2 is 2.00 bits per heavy atom. The Morgan fingerprint density at radius 1 is 1.26 bits per heavy atom. The van der Waals surface area contributed by atoms with E-state index in [0.29, 0.717) is 25.6 Å². The van der Waals surface area contributed by atoms with Crippen molar-refractivity contribution in [2.75, 3.05) is 38.3 Å². The van der Waals surface area contributed by atoms with Crippen LogP contribution < -0.4 is 4.90 Å². The van der Waals surface area contributed by atoms with Gasteiger partial charge in [0.05, 0.1) is 30.7 Å². The van der Waals surface area contributed by atoms with E-state index in [2.05, 4.69) is 20.9 Å². The van der Waals surface area contributed by atoms with Crippen molar-refractivity contribution in [3.05, 3.63) is 29.7 Å². The topological polar surface area (TPSA) is 84.3 Å². The van der Waals surface area contributed by atoms with Crippen LogP contribution in [0.2, 0.25) is 0 Å². The van der Waals surface area contributed by atoms with Crippen molar-refractivity contribution in [3.63, 3.8) is 0 Å². The molecule has 1 amide bonds. The van der Waals surface area contributed by atoms with Gasteiger partial charge in [0.15, 0.2) is 5.82 Å². The summed E-state index contributed by atoms with van der Waals surface area (Å²) in [6.07, 6.45) is 4.93. The van der Waals surface area contributed by atoms with Gasteiger partial charge < -0.3 is 14.5 Å². The van der Waals surface area contributed by atoms with Gasteiger partial charge in [-0.2, -0.15) is 0 Å². The van der Waals surface area contributed by atoms with Gasteiger partial charge in [0, 0.05) is 44.3 Å². The van der Waals surface area contributed by atoms with E-state index in [1.807, 2.05) is 0 Å². The first-order chi connectivity index (χ1) is 13.1. The van der Waals surface area contributed by atoms with E-state index < -0.39 is 0 Å². The highest BCUT2D eigenvalue weighted by atomic mass is 32.1. The molecule has 0 N–H and O–H groups in total. The first-order valence-electron chi connectivity index (χ1n) is 8.72. The zero-order valence-corrected chi connectivity index (χ0v) is 16.1. The zero-order chi connectivity index (χ0) is 18.8. The Labute approximate surface area is 160 Å². The predicted molar refractivity (Wildman–Crippen MR) is 104 cm³/mol. The number of thiophene rings is 1. The van der Waals surface area contributed by atoms with Crippen LogP contribution in [0.15, 0.2) is 24.8 Å². The number of carbonyl (C=O) groups is 1. The van der Waals surface area contributed by atoms with Crippen LogP contribution >= 0.6 is 11.3 Å². The summed E-state index contributed by atoms with van der Waals surface area (Å²) in [5.74, 6) is 1.54. The molecule has 3 aromatic heterocycles. The molecule has 1 saturated heterocycles. The quantitative estimate of drug-likeness (QED) is 0.680. The smallest absolute Gasteiger partial charge is 0.219 e. The lowest BCUT2D eigenvalue weighted by molar-refractivity contribution is -0.128. The van der Waals surface area contributed by atoms with Gasteiger partial charge in [-0.25, -0.2) is 19.9 Å². The summed E-state index contributed by atoms with van der Waals surface area (Å²) in [4.78, 5) is 35.2. The average Bonchev–Trinajstić information content (AvgIpc) is 3.10. The predicted octanol–water partition coefficient (Wildman–Crippen LogP) is 1.96. The van der Waals surface area contributed by atoms with Gasteiger partial charge in [0.25, 0.3) is 0 Å². The molecular formula is C18H20N6O2S. The van der Waals surface area contributed by atoms with Gasteiger partial charge in [-0.05, 0) is 6.07 Å². The minimum absolute atomic E-state index is 0.0362. The normalized spacial score (nSPS) is 14.5. The Kier molecular flexibility index (Phi) is 4.95. The third-order valence-electron chi connectivity index (χ3n) is 4.48. The van der Waals surface area contributed by atoms with E-state index in [-0.39, 0.29) is 5.91 Å². The van der Waals surface area contributed by atoms with Crippen molar-refractivity contribution in [3.8, 4) is 11.4 Å². The fourth-order valence-corrected chi connectivity index (χ4v) is 4.01. The molecule has 27 heavy (non-hydrogen) atoms. The molecule has 0 aromatic carbocycles. The molecule has 1 fully saturated rings. The first-order valence-corrected chi connectivity index (χ1v) is 9.53. The molecule has 0 bridgehead atoms. The lowest BCUT2D eigenvalue weighted by Gasteiger charge is -2.28. The van der Waals surface area contributed by atoms with Gasteiger partial charge >= 0.3 is 0 Å². The van der Waals surface area contributed by atoms with E-state index in [9.17, 15) is 4.79 Å². The molecular weight excluding hydrogens is 364 g/mol. The molecule has 0 unspecified atom stereocenters. The van der Waals surface area contributed by atoms with E-state index in [0.717, 1.165) is 39.6 Å². The van der Waals surface area contributed by atoms with Crippen molar-refractivity contribution in [2.24, 2.45) is 0 Å². The standard InChI is InChI=1S/C18H20N6O2S/c1-12(25)23(2)10-14-7-15-17(24-3-5-26-6-4-24)21-16(22-18(15)27-14)13-8-19-11-20-9-13/h7-9,11H,3-6,10H2,1-2H3. The molecule has 0 aliphatic carbocycles. The number of morpholine rings is 1. The highest BCUT2D eigenvalue weighted by Gasteiger charge is 2.20. The second kappa shape index (κ2) is 7.53. The van der Waals surface area contributed by atoms with Crippen molar-refractivity contribution in [1.29, 1.82) is 0 Å². The van der Waals surface area contributed by atoms with Gasteiger partial charge in [-0.3, -0.25) is 4.79 Å². The largest absolute Gasteiger partial charge is 0.378 e. The van der Waals surface area contributed by atoms with Gasteiger partial charge in [0.2, 0.25) is 5.91 Å². The Morgan fingerprint density at radius 3 is 2.70 bits per heavy atom. The summed E-state index contributed by atoms with van der Waals surface area (Å²) >= 11 is 1.59. The fraction of sp³-hybridized carbons (Fsp3) is 0.389. The van der Waals surface area contributed by atoms with Crippen LogP contribution in [0.1, 0.15) is 11.8 Å². The number of hydrogen-bond donors (Lipinski definition) is 0. The summed E-state index contributed by atoms with van der Waals surface area (Å²) in [6.45, 7) is 5.06. The van der Waals surface area contributed by atoms with Crippen LogP contribution in [0.25, 0.3) is 21.6 Å². The number of ether oxygens (including phenoxy) is 1. The highest BCUT2D eigenvalue weighted by molar-refractivity contribution is 7.18. The summed E-state index contributed by atoms with van der Waals surface area (Å²) < 4.78 is 5.49. The van der Waals surface area contributed by atoms with Crippen LogP contribution in [0.3, 0.4) is 0 Å². The number of rotatable bonds is 4. The molecule has 0 radical (unpaired) electrons. The molecule has 1 aliphatic rings. The van der Waals surface area contributed by atoms with Crippen molar-refractivity contribution in [1.82, 2.24) is 24.8 Å². The molecule has 9 heteroatoms. The van der Waals surface area contributed by atoms with Crippen LogP contribution in [-0.2, 0) is 16.1 Å². The van der Waals surface area contributed by atoms with E-state index in [4.69, 9.17) is 14.7 Å². The second-order valence-electron chi connectivity index (χ2n) is 6.40. The number of aromatic nitrogens is 4. The average molecular weight is 384 g/mol. The number of carbonyl (C=O) groups excluding carboxylic acids is 1. The number of hydrogen-bond acceptors (Lipinski definition) is 8. The van der Waals surface area contributed by atoms with E-state index >= 15 is 0 Å². The molecule has 1 aliphatic heterocycles. The van der Waals surface area contributed by atoms with Crippen LogP contribution in [0, 0.1) is 0 Å². The zero-order valence-electron chi connectivity index (χ0n) is 15.3. The maximum atomic E-state index is 11.6. The van der Waals surface area contributed by atoms with Gasteiger partial charge in [-0.1, -0.05) is 0 Å². The summed E-state index contributed by atoms with van der Waals surface area (Å²) in [7, 11) is 1.80. The number of anilines is 1. The van der Waals surface area contributed by atoms with Gasteiger partial charge in [-0.15, -0.1) is 11.3 Å². The van der Waals surface area contributed by atoms with E-state index in [1.54, 1.807) is 42.6 Å². The SMILES string of the molecule is CC(=O)N(C)Cc1cc2c(N3CCOCC3)nc(-c3cncnc3)nc2s1. The summed E-state index contributed by atoms with van der Waals surface area (Å²) in [6, 6.07) is 2.09. The third kappa shape index (κ3) is 3.74. The van der Waals surface area contributed by atoms with Crippen LogP contribution in [0.4, 0.5) is 5.82 Å². The minimum atomic E-state index is 0.0362. The van der Waals surface area contributed by atoms with Crippen molar-refractivity contribution in [2.45, 2.75) is 13.5 Å². The second-order valence-corrected chi connectivity index (χ2v) is 7.52. The maximum absolute atomic E-state index is 11.6. The Hall–Kier alpha value is -2.65. The Balaban J connectivity index is 1.80. The molecule has 0 saturated carbocycles. The monoisotopic (exact) mass is 384 g/mol. The molecule has 0 atom stereocenters. The van der Waals surface area contributed by atoms with Crippen molar-refractivity contribution >= 4 is 33.3 Å². The number of amides is 1. The summed E-state index contributed by atoms with van der Waals surface area (Å²) in [5, 5.41) is 1.01. The third-order valence-corrected chi connectivity index (χ3v) is 5.50. The fourth-order valence-electron chi connectivity index (χ4n) is 2.94. The highest BCUT2D eigenvalue weighted by Crippen LogP contribution is 2.34. The molecule has 0 spiro atoms. The minimum Gasteiger partial charge on any atom is -0.378 e. The molecule has 140 valence electrons. The lowest BCUT2D eigenvalue weighted by Crippen LogP contribution is -2.37. The van der Waals surface area contributed by atoms with Crippen molar-refractivity contribution < 1.29 is 9.53 Å². The number of fused-ring (bicyclic) bond motifs is 1. The summed E-state index contributed by atoms with van der Waals surface area (Å²) in [5.41, 5.74) is 0.782. The molecule has 4 heterocycles. The van der Waals surface area contributed by atoms with Crippen LogP contribution in [-0.4, -0.2) is 64.1 Å².